The van der Waals surface area contributed by atoms with Crippen molar-refractivity contribution in [2.45, 2.75) is 19.4 Å². The molecule has 1 aromatic rings. The smallest absolute Gasteiger partial charge is 0.405 e. The van der Waals surface area contributed by atoms with Crippen LogP contribution in [0, 0.1) is 6.92 Å². The third-order valence-electron chi connectivity index (χ3n) is 2.46. The molecular weight excluding hydrogens is 272 g/mol. The number of benzene rings is 1. The molecule has 0 saturated carbocycles. The number of anilines is 1. The first-order valence-corrected chi connectivity index (χ1v) is 5.99. The number of aliphatic hydroxyl groups excluding tert-OH is 1. The quantitative estimate of drug-likeness (QED) is 0.661. The van der Waals surface area contributed by atoms with Crippen LogP contribution in [0.15, 0.2) is 18.2 Å². The van der Waals surface area contributed by atoms with E-state index < -0.39 is 18.0 Å². The Kier molecular flexibility index (Phi) is 5.59. The van der Waals surface area contributed by atoms with Crippen LogP contribution in [0.25, 0.3) is 0 Å². The second-order valence-corrected chi connectivity index (χ2v) is 4.37. The Balaban J connectivity index is 2.74. The summed E-state index contributed by atoms with van der Waals surface area (Å²) < 4.78 is 0. The van der Waals surface area contributed by atoms with E-state index in [1.165, 1.54) is 0 Å². The van der Waals surface area contributed by atoms with Gasteiger partial charge in [0.15, 0.2) is 0 Å². The zero-order valence-electron chi connectivity index (χ0n) is 10.3. The number of halogens is 1. The fraction of sp³-hybridized carbons (Fsp3) is 0.333. The summed E-state index contributed by atoms with van der Waals surface area (Å²) in [5.41, 5.74) is 1.31. The van der Waals surface area contributed by atoms with Crippen LogP contribution < -0.4 is 10.6 Å². The highest BCUT2D eigenvalue weighted by Crippen LogP contribution is 2.19. The van der Waals surface area contributed by atoms with Gasteiger partial charge in [0.05, 0.1) is 0 Å². The van der Waals surface area contributed by atoms with E-state index in [-0.39, 0.29) is 13.0 Å². The lowest BCUT2D eigenvalue weighted by Crippen LogP contribution is -2.43. The van der Waals surface area contributed by atoms with Crippen molar-refractivity contribution < 1.29 is 19.8 Å². The van der Waals surface area contributed by atoms with E-state index in [1.807, 2.05) is 5.32 Å². The average Bonchev–Trinajstić information content (AvgIpc) is 2.33. The second-order valence-electron chi connectivity index (χ2n) is 3.97. The SMILES string of the molecule is Cc1cc(NC(=O)[C@H](CCO)NC(=O)O)ccc1Cl. The number of aryl methyl sites for hydroxylation is 1. The highest BCUT2D eigenvalue weighted by molar-refractivity contribution is 6.31. The van der Waals surface area contributed by atoms with Crippen molar-refractivity contribution in [1.29, 1.82) is 0 Å². The van der Waals surface area contributed by atoms with E-state index >= 15 is 0 Å². The van der Waals surface area contributed by atoms with Gasteiger partial charge < -0.3 is 20.8 Å². The van der Waals surface area contributed by atoms with Gasteiger partial charge in [0, 0.05) is 17.3 Å². The van der Waals surface area contributed by atoms with Gasteiger partial charge in [-0.3, -0.25) is 4.79 Å². The van der Waals surface area contributed by atoms with Crippen molar-refractivity contribution >= 4 is 29.3 Å². The number of carbonyl (C=O) groups excluding carboxylic acids is 1. The molecule has 0 aliphatic heterocycles. The van der Waals surface area contributed by atoms with E-state index in [0.29, 0.717) is 10.7 Å². The number of carbonyl (C=O) groups is 2. The zero-order valence-corrected chi connectivity index (χ0v) is 11.1. The molecule has 0 radical (unpaired) electrons. The van der Waals surface area contributed by atoms with Gasteiger partial charge in [0.1, 0.15) is 6.04 Å². The maximum atomic E-state index is 11.9. The van der Waals surface area contributed by atoms with Crippen LogP contribution in [0.5, 0.6) is 0 Å². The molecule has 0 aromatic heterocycles. The number of aliphatic hydroxyl groups is 1. The van der Waals surface area contributed by atoms with Crippen molar-refractivity contribution in [3.8, 4) is 0 Å². The van der Waals surface area contributed by atoms with E-state index in [1.54, 1.807) is 25.1 Å². The maximum absolute atomic E-state index is 11.9. The summed E-state index contributed by atoms with van der Waals surface area (Å²) in [6.45, 7) is 1.50. The van der Waals surface area contributed by atoms with Gasteiger partial charge in [-0.15, -0.1) is 0 Å². The molecule has 6 nitrogen and oxygen atoms in total. The Morgan fingerprint density at radius 1 is 1.42 bits per heavy atom. The summed E-state index contributed by atoms with van der Waals surface area (Å²) in [6.07, 6.45) is -1.31. The molecule has 1 rings (SSSR count). The third kappa shape index (κ3) is 4.76. The number of nitrogens with one attached hydrogen (secondary N) is 2. The molecule has 2 amide bonds. The fourth-order valence-corrected chi connectivity index (χ4v) is 1.62. The molecule has 19 heavy (non-hydrogen) atoms. The monoisotopic (exact) mass is 286 g/mol. The Hall–Kier alpha value is -1.79. The molecule has 4 N–H and O–H groups in total. The van der Waals surface area contributed by atoms with Gasteiger partial charge in [0.2, 0.25) is 5.91 Å². The minimum absolute atomic E-state index is 0.00467. The molecule has 0 bridgehead atoms. The van der Waals surface area contributed by atoms with Gasteiger partial charge in [-0.1, -0.05) is 11.6 Å². The van der Waals surface area contributed by atoms with Crippen LogP contribution in [0.1, 0.15) is 12.0 Å². The molecule has 7 heteroatoms. The van der Waals surface area contributed by atoms with Crippen LogP contribution in [0.2, 0.25) is 5.02 Å². The van der Waals surface area contributed by atoms with Crippen LogP contribution in [0.3, 0.4) is 0 Å². The van der Waals surface area contributed by atoms with Crippen LogP contribution in [-0.4, -0.2) is 34.9 Å². The number of amides is 2. The number of hydrogen-bond acceptors (Lipinski definition) is 3. The molecule has 0 saturated heterocycles. The molecule has 0 unspecified atom stereocenters. The van der Waals surface area contributed by atoms with E-state index in [0.717, 1.165) is 5.56 Å². The molecule has 0 aliphatic carbocycles. The van der Waals surface area contributed by atoms with Crippen molar-refractivity contribution in [2.24, 2.45) is 0 Å². The third-order valence-corrected chi connectivity index (χ3v) is 2.88. The lowest BCUT2D eigenvalue weighted by molar-refractivity contribution is -0.118. The van der Waals surface area contributed by atoms with E-state index in [9.17, 15) is 9.59 Å². The number of carboxylic acid groups (broad SMARTS) is 1. The predicted molar refractivity (Wildman–Crippen MR) is 71.5 cm³/mol. The lowest BCUT2D eigenvalue weighted by Gasteiger charge is -2.16. The summed E-state index contributed by atoms with van der Waals surface area (Å²) >= 11 is 5.86. The van der Waals surface area contributed by atoms with E-state index in [2.05, 4.69) is 5.32 Å². The molecule has 0 aliphatic rings. The zero-order chi connectivity index (χ0) is 14.4. The molecule has 1 atom stereocenters. The Bertz CT molecular complexity index is 479. The predicted octanol–water partition coefficient (Wildman–Crippen LogP) is 1.61. The van der Waals surface area contributed by atoms with Gasteiger partial charge in [0.25, 0.3) is 0 Å². The number of rotatable bonds is 5. The molecule has 1 aromatic carbocycles. The van der Waals surface area contributed by atoms with Gasteiger partial charge in [-0.2, -0.15) is 0 Å². The Labute approximate surface area is 115 Å². The minimum atomic E-state index is -1.32. The first-order chi connectivity index (χ1) is 8.93. The molecule has 0 fully saturated rings. The molecule has 0 heterocycles. The highest BCUT2D eigenvalue weighted by atomic mass is 35.5. The first-order valence-electron chi connectivity index (χ1n) is 5.61. The van der Waals surface area contributed by atoms with Gasteiger partial charge in [-0.25, -0.2) is 4.79 Å². The van der Waals surface area contributed by atoms with Crippen LogP contribution in [-0.2, 0) is 4.79 Å². The summed E-state index contributed by atoms with van der Waals surface area (Å²) in [5, 5.41) is 22.6. The van der Waals surface area contributed by atoms with Gasteiger partial charge in [-0.05, 0) is 37.1 Å². The largest absolute Gasteiger partial charge is 0.465 e. The summed E-state index contributed by atoms with van der Waals surface area (Å²) in [4.78, 5) is 22.4. The van der Waals surface area contributed by atoms with Crippen LogP contribution >= 0.6 is 11.6 Å². The molecule has 0 spiro atoms. The molecule has 104 valence electrons. The van der Waals surface area contributed by atoms with Crippen molar-refractivity contribution in [3.05, 3.63) is 28.8 Å². The lowest BCUT2D eigenvalue weighted by atomic mass is 10.1. The first kappa shape index (κ1) is 15.3. The van der Waals surface area contributed by atoms with Crippen molar-refractivity contribution in [1.82, 2.24) is 5.32 Å². The van der Waals surface area contributed by atoms with Crippen LogP contribution in [0.4, 0.5) is 10.5 Å². The second kappa shape index (κ2) is 6.96. The van der Waals surface area contributed by atoms with Crippen molar-refractivity contribution in [2.75, 3.05) is 11.9 Å². The van der Waals surface area contributed by atoms with Crippen molar-refractivity contribution in [3.63, 3.8) is 0 Å². The summed E-state index contributed by atoms with van der Waals surface area (Å²) in [6, 6.07) is 3.93. The average molecular weight is 287 g/mol. The minimum Gasteiger partial charge on any atom is -0.465 e. The number of hydrogen-bond donors (Lipinski definition) is 4. The standard InChI is InChI=1S/C12H15ClN2O4/c1-7-6-8(2-3-9(7)13)14-11(17)10(4-5-16)15-12(18)19/h2-3,6,10,15-16H,4-5H2,1H3,(H,14,17)(H,18,19)/t10-/m0/s1. The molecular formula is C12H15ClN2O4. The normalized spacial score (nSPS) is 11.7. The van der Waals surface area contributed by atoms with E-state index in [4.69, 9.17) is 21.8 Å². The maximum Gasteiger partial charge on any atom is 0.405 e. The summed E-state index contributed by atoms with van der Waals surface area (Å²) in [5.74, 6) is -0.529. The Morgan fingerprint density at radius 3 is 2.63 bits per heavy atom. The fourth-order valence-electron chi connectivity index (χ4n) is 1.50. The Morgan fingerprint density at radius 2 is 2.11 bits per heavy atom. The topological polar surface area (TPSA) is 98.7 Å². The highest BCUT2D eigenvalue weighted by Gasteiger charge is 2.20. The van der Waals surface area contributed by atoms with Gasteiger partial charge >= 0.3 is 6.09 Å². The summed E-state index contributed by atoms with van der Waals surface area (Å²) in [7, 11) is 0.